The molecule has 22 heavy (non-hydrogen) atoms. The van der Waals surface area contributed by atoms with E-state index in [9.17, 15) is 13.2 Å². The van der Waals surface area contributed by atoms with Crippen molar-refractivity contribution in [2.45, 2.75) is 24.8 Å². The van der Waals surface area contributed by atoms with Crippen LogP contribution in [-0.2, 0) is 10.0 Å². The molecule has 0 aromatic heterocycles. The zero-order valence-corrected chi connectivity index (χ0v) is 13.8. The van der Waals surface area contributed by atoms with E-state index in [1.165, 1.54) is 24.3 Å². The number of carbonyl (C=O) groups is 1. The average molecular weight is 322 g/mol. The molecule has 0 radical (unpaired) electrons. The fourth-order valence-corrected chi connectivity index (χ4v) is 3.14. The highest BCUT2D eigenvalue weighted by atomic mass is 32.2. The number of rotatable bonds is 8. The largest absolute Gasteiger partial charge is 0.331 e. The Balaban J connectivity index is 2.99. The first kappa shape index (κ1) is 18.1. The maximum Gasteiger partial charge on any atom is 0.254 e. The van der Waals surface area contributed by atoms with Crippen LogP contribution in [0.3, 0.4) is 0 Å². The molecule has 0 aliphatic heterocycles. The van der Waals surface area contributed by atoms with Gasteiger partial charge in [0, 0.05) is 24.7 Å². The number of sulfonamides is 1. The SMILES string of the molecule is C=CCN(CC=C)C(=O)c1ccc(S(=O)(=O)NC(C)C)cc1. The molecule has 1 amide bonds. The van der Waals surface area contributed by atoms with Crippen LogP contribution in [0.4, 0.5) is 0 Å². The van der Waals surface area contributed by atoms with Gasteiger partial charge in [-0.3, -0.25) is 4.79 Å². The van der Waals surface area contributed by atoms with Crippen molar-refractivity contribution < 1.29 is 13.2 Å². The Bertz CT molecular complexity index is 624. The second kappa shape index (κ2) is 7.91. The summed E-state index contributed by atoms with van der Waals surface area (Å²) < 4.78 is 26.6. The van der Waals surface area contributed by atoms with Crippen molar-refractivity contribution in [1.29, 1.82) is 0 Å². The van der Waals surface area contributed by atoms with Crippen LogP contribution in [0, 0.1) is 0 Å². The van der Waals surface area contributed by atoms with Crippen LogP contribution in [0.15, 0.2) is 54.5 Å². The van der Waals surface area contributed by atoms with Gasteiger partial charge in [0.1, 0.15) is 0 Å². The van der Waals surface area contributed by atoms with Crippen LogP contribution >= 0.6 is 0 Å². The molecule has 1 N–H and O–H groups in total. The van der Waals surface area contributed by atoms with E-state index in [4.69, 9.17) is 0 Å². The minimum atomic E-state index is -3.55. The lowest BCUT2D eigenvalue weighted by Crippen LogP contribution is -2.32. The molecule has 6 heteroatoms. The van der Waals surface area contributed by atoms with Crippen molar-refractivity contribution in [3.8, 4) is 0 Å². The van der Waals surface area contributed by atoms with Gasteiger partial charge < -0.3 is 4.90 Å². The highest BCUT2D eigenvalue weighted by molar-refractivity contribution is 7.89. The Morgan fingerprint density at radius 1 is 1.18 bits per heavy atom. The van der Waals surface area contributed by atoms with Crippen LogP contribution in [0.2, 0.25) is 0 Å². The molecule has 0 unspecified atom stereocenters. The number of hydrogen-bond acceptors (Lipinski definition) is 3. The molecule has 5 nitrogen and oxygen atoms in total. The van der Waals surface area contributed by atoms with E-state index in [1.807, 2.05) is 0 Å². The van der Waals surface area contributed by atoms with Crippen molar-refractivity contribution in [2.24, 2.45) is 0 Å². The third-order valence-electron chi connectivity index (χ3n) is 2.79. The summed E-state index contributed by atoms with van der Waals surface area (Å²) in [5, 5.41) is 0. The highest BCUT2D eigenvalue weighted by Gasteiger charge is 2.17. The third kappa shape index (κ3) is 4.82. The van der Waals surface area contributed by atoms with Crippen molar-refractivity contribution in [3.63, 3.8) is 0 Å². The molecule has 0 heterocycles. The predicted molar refractivity (Wildman–Crippen MR) is 88.2 cm³/mol. The number of nitrogens with zero attached hydrogens (tertiary/aromatic N) is 1. The number of nitrogens with one attached hydrogen (secondary N) is 1. The lowest BCUT2D eigenvalue weighted by Gasteiger charge is -2.19. The molecule has 120 valence electrons. The number of benzene rings is 1. The summed E-state index contributed by atoms with van der Waals surface area (Å²) >= 11 is 0. The Kier molecular flexibility index (Phi) is 6.52. The van der Waals surface area contributed by atoms with Crippen LogP contribution in [-0.4, -0.2) is 38.4 Å². The highest BCUT2D eigenvalue weighted by Crippen LogP contribution is 2.13. The van der Waals surface area contributed by atoms with E-state index in [0.29, 0.717) is 18.7 Å². The zero-order chi connectivity index (χ0) is 16.8. The number of carbonyl (C=O) groups excluding carboxylic acids is 1. The van der Waals surface area contributed by atoms with E-state index in [0.717, 1.165) is 0 Å². The summed E-state index contributed by atoms with van der Waals surface area (Å²) in [4.78, 5) is 14.0. The topological polar surface area (TPSA) is 66.5 Å². The maximum atomic E-state index is 12.3. The lowest BCUT2D eigenvalue weighted by atomic mass is 10.2. The summed E-state index contributed by atoms with van der Waals surface area (Å²) in [7, 11) is -3.55. The van der Waals surface area contributed by atoms with Crippen LogP contribution in [0.1, 0.15) is 24.2 Å². The van der Waals surface area contributed by atoms with Crippen molar-refractivity contribution >= 4 is 15.9 Å². The van der Waals surface area contributed by atoms with Gasteiger partial charge in [0.2, 0.25) is 10.0 Å². The van der Waals surface area contributed by atoms with Gasteiger partial charge in [-0.1, -0.05) is 12.2 Å². The summed E-state index contributed by atoms with van der Waals surface area (Å²) in [6.45, 7) is 11.5. The van der Waals surface area contributed by atoms with Gasteiger partial charge in [-0.15, -0.1) is 13.2 Å². The average Bonchev–Trinajstić information content (AvgIpc) is 2.45. The fourth-order valence-electron chi connectivity index (χ4n) is 1.89. The number of amides is 1. The van der Waals surface area contributed by atoms with Crippen molar-refractivity contribution in [3.05, 3.63) is 55.1 Å². The van der Waals surface area contributed by atoms with E-state index in [1.54, 1.807) is 30.9 Å². The molecule has 1 aromatic carbocycles. The van der Waals surface area contributed by atoms with E-state index in [2.05, 4.69) is 17.9 Å². The first-order valence-electron chi connectivity index (χ1n) is 6.95. The monoisotopic (exact) mass is 322 g/mol. The lowest BCUT2D eigenvalue weighted by molar-refractivity contribution is 0.0790. The van der Waals surface area contributed by atoms with Crippen LogP contribution in [0.5, 0.6) is 0 Å². The minimum absolute atomic E-state index is 0.136. The van der Waals surface area contributed by atoms with Gasteiger partial charge in [-0.05, 0) is 38.1 Å². The molecule has 0 aliphatic rings. The van der Waals surface area contributed by atoms with Gasteiger partial charge in [0.25, 0.3) is 5.91 Å². The molecule has 1 aromatic rings. The van der Waals surface area contributed by atoms with Gasteiger partial charge in [0.05, 0.1) is 4.90 Å². The Morgan fingerprint density at radius 3 is 2.09 bits per heavy atom. The fraction of sp³-hybridized carbons (Fsp3) is 0.312. The first-order chi connectivity index (χ1) is 10.3. The van der Waals surface area contributed by atoms with Crippen LogP contribution < -0.4 is 4.72 Å². The standard InChI is InChI=1S/C16H22N2O3S/c1-5-11-18(12-6-2)16(19)14-7-9-15(10-8-14)22(20,21)17-13(3)4/h5-10,13,17H,1-2,11-12H2,3-4H3. The molecule has 1 rings (SSSR count). The summed E-state index contributed by atoms with van der Waals surface area (Å²) in [6, 6.07) is 5.69. The second-order valence-corrected chi connectivity index (χ2v) is 6.80. The molecule has 0 spiro atoms. The summed E-state index contributed by atoms with van der Waals surface area (Å²) in [5.74, 6) is -0.194. The molecule has 0 saturated heterocycles. The Morgan fingerprint density at radius 2 is 1.68 bits per heavy atom. The smallest absolute Gasteiger partial charge is 0.254 e. The second-order valence-electron chi connectivity index (χ2n) is 5.09. The van der Waals surface area contributed by atoms with Gasteiger partial charge in [0.15, 0.2) is 0 Å². The van der Waals surface area contributed by atoms with E-state index >= 15 is 0 Å². The zero-order valence-electron chi connectivity index (χ0n) is 13.0. The molecular weight excluding hydrogens is 300 g/mol. The molecule has 0 bridgehead atoms. The Labute approximate surface area is 132 Å². The first-order valence-corrected chi connectivity index (χ1v) is 8.43. The van der Waals surface area contributed by atoms with Gasteiger partial charge >= 0.3 is 0 Å². The van der Waals surface area contributed by atoms with Gasteiger partial charge in [-0.2, -0.15) is 0 Å². The van der Waals surface area contributed by atoms with Crippen molar-refractivity contribution in [2.75, 3.05) is 13.1 Å². The summed E-state index contributed by atoms with van der Waals surface area (Å²) in [6.07, 6.45) is 3.26. The van der Waals surface area contributed by atoms with Gasteiger partial charge in [-0.25, -0.2) is 13.1 Å². The molecule has 0 aliphatic carbocycles. The number of hydrogen-bond donors (Lipinski definition) is 1. The molecular formula is C16H22N2O3S. The third-order valence-corrected chi connectivity index (χ3v) is 4.46. The molecule has 0 saturated carbocycles. The summed E-state index contributed by atoms with van der Waals surface area (Å²) in [5.41, 5.74) is 0.423. The Hall–Kier alpha value is -1.92. The normalized spacial score (nSPS) is 11.2. The molecule has 0 fully saturated rings. The van der Waals surface area contributed by atoms with E-state index in [-0.39, 0.29) is 16.8 Å². The van der Waals surface area contributed by atoms with Crippen molar-refractivity contribution in [1.82, 2.24) is 9.62 Å². The molecule has 0 atom stereocenters. The maximum absolute atomic E-state index is 12.3. The van der Waals surface area contributed by atoms with E-state index < -0.39 is 10.0 Å². The quantitative estimate of drug-likeness (QED) is 0.746. The predicted octanol–water partition coefficient (Wildman–Crippen LogP) is 2.19. The minimum Gasteiger partial charge on any atom is -0.331 e. The van der Waals surface area contributed by atoms with Crippen LogP contribution in [0.25, 0.3) is 0 Å².